The fourth-order valence-corrected chi connectivity index (χ4v) is 4.30. The number of aromatic nitrogens is 1. The van der Waals surface area contributed by atoms with Gasteiger partial charge in [-0.1, -0.05) is 0 Å². The third-order valence-corrected chi connectivity index (χ3v) is 5.82. The predicted octanol–water partition coefficient (Wildman–Crippen LogP) is 3.09. The molecule has 0 bridgehead atoms. The van der Waals surface area contributed by atoms with Crippen LogP contribution < -0.4 is 9.64 Å². The number of β-amino-alcohol motifs (C(OH)–C–C–N with tert-alkyl or cyclic N) is 1. The number of aliphatic hydroxyl groups excluding tert-OH is 1. The molecule has 1 fully saturated rings. The van der Waals surface area contributed by atoms with Crippen molar-refractivity contribution in [1.82, 2.24) is 9.88 Å². The molecule has 0 aliphatic carbocycles. The van der Waals surface area contributed by atoms with Crippen molar-refractivity contribution in [2.45, 2.75) is 0 Å². The Bertz CT molecular complexity index is 870. The van der Waals surface area contributed by atoms with E-state index in [1.165, 1.54) is 10.1 Å². The van der Waals surface area contributed by atoms with Crippen LogP contribution in [-0.2, 0) is 0 Å². The highest BCUT2D eigenvalue weighted by molar-refractivity contribution is 7.17. The van der Waals surface area contributed by atoms with Crippen molar-refractivity contribution < 1.29 is 9.84 Å². The Balaban J connectivity index is 1.67. The van der Waals surface area contributed by atoms with Gasteiger partial charge in [-0.2, -0.15) is 0 Å². The molecule has 1 aliphatic heterocycles. The lowest BCUT2D eigenvalue weighted by Crippen LogP contribution is -2.47. The Morgan fingerprint density at radius 3 is 2.58 bits per heavy atom. The molecule has 3 aromatic rings. The fraction of sp³-hybridized carbons (Fsp3) is 0.350. The first-order valence-electron chi connectivity index (χ1n) is 8.89. The van der Waals surface area contributed by atoms with Crippen LogP contribution in [0, 0.1) is 0 Å². The number of rotatable bonds is 5. The van der Waals surface area contributed by atoms with Gasteiger partial charge in [-0.05, 0) is 47.2 Å². The molecule has 5 nitrogen and oxygen atoms in total. The van der Waals surface area contributed by atoms with Gasteiger partial charge in [0.15, 0.2) is 0 Å². The van der Waals surface area contributed by atoms with Crippen molar-refractivity contribution >= 4 is 27.2 Å². The third kappa shape index (κ3) is 3.40. The third-order valence-electron chi connectivity index (χ3n) is 4.89. The number of piperazine rings is 1. The molecule has 1 saturated heterocycles. The second-order valence-electron chi connectivity index (χ2n) is 6.45. The summed E-state index contributed by atoms with van der Waals surface area (Å²) in [5, 5.41) is 12.5. The van der Waals surface area contributed by atoms with Gasteiger partial charge in [0.1, 0.15) is 11.6 Å². The van der Waals surface area contributed by atoms with Gasteiger partial charge < -0.3 is 14.7 Å². The van der Waals surface area contributed by atoms with Gasteiger partial charge in [-0.15, -0.1) is 11.3 Å². The molecule has 0 atom stereocenters. The summed E-state index contributed by atoms with van der Waals surface area (Å²) < 4.78 is 6.51. The summed E-state index contributed by atoms with van der Waals surface area (Å²) in [5.74, 6) is 1.93. The molecule has 1 N–H and O–H groups in total. The van der Waals surface area contributed by atoms with Crippen LogP contribution in [0.2, 0.25) is 0 Å². The van der Waals surface area contributed by atoms with Gasteiger partial charge in [0.25, 0.3) is 0 Å². The normalized spacial score (nSPS) is 15.5. The van der Waals surface area contributed by atoms with Crippen molar-refractivity contribution in [3.8, 4) is 17.0 Å². The number of hydrogen-bond donors (Lipinski definition) is 1. The van der Waals surface area contributed by atoms with E-state index in [-0.39, 0.29) is 6.61 Å². The molecule has 6 heteroatoms. The standard InChI is InChI=1S/C20H23N3O2S/c1-25-17-4-2-15(3-5-17)18-14-16-6-13-26-19(16)20(21-18)23-9-7-22(8-10-23)11-12-24/h2-6,13-14,24H,7-12H2,1H3. The molecule has 0 radical (unpaired) electrons. The Morgan fingerprint density at radius 2 is 1.88 bits per heavy atom. The van der Waals surface area contributed by atoms with Crippen molar-refractivity contribution in [2.75, 3.05) is 51.3 Å². The minimum absolute atomic E-state index is 0.223. The number of ether oxygens (including phenoxy) is 1. The van der Waals surface area contributed by atoms with Crippen LogP contribution >= 0.6 is 11.3 Å². The highest BCUT2D eigenvalue weighted by atomic mass is 32.1. The monoisotopic (exact) mass is 369 g/mol. The molecule has 3 heterocycles. The number of nitrogens with zero attached hydrogens (tertiary/aromatic N) is 3. The van der Waals surface area contributed by atoms with Crippen molar-refractivity contribution in [2.24, 2.45) is 0 Å². The first-order valence-corrected chi connectivity index (χ1v) is 9.77. The van der Waals surface area contributed by atoms with Gasteiger partial charge in [-0.3, -0.25) is 4.90 Å². The van der Waals surface area contributed by atoms with Gasteiger partial charge >= 0.3 is 0 Å². The number of anilines is 1. The number of fused-ring (bicyclic) bond motifs is 1. The molecule has 1 aromatic carbocycles. The molecule has 0 saturated carbocycles. The Hall–Kier alpha value is -2.15. The van der Waals surface area contributed by atoms with Crippen LogP contribution in [0.5, 0.6) is 5.75 Å². The Kier molecular flexibility index (Phi) is 5.06. The highest BCUT2D eigenvalue weighted by Gasteiger charge is 2.21. The second-order valence-corrected chi connectivity index (χ2v) is 7.37. The largest absolute Gasteiger partial charge is 0.497 e. The smallest absolute Gasteiger partial charge is 0.147 e. The number of aliphatic hydroxyl groups is 1. The summed E-state index contributed by atoms with van der Waals surface area (Å²) in [7, 11) is 1.68. The topological polar surface area (TPSA) is 48.8 Å². The molecule has 0 spiro atoms. The molecule has 0 unspecified atom stereocenters. The van der Waals surface area contributed by atoms with Crippen LogP contribution in [0.3, 0.4) is 0 Å². The van der Waals surface area contributed by atoms with Crippen LogP contribution in [0.25, 0.3) is 21.3 Å². The molecular formula is C20H23N3O2S. The first-order chi connectivity index (χ1) is 12.8. The van der Waals surface area contributed by atoms with E-state index in [2.05, 4.69) is 39.4 Å². The highest BCUT2D eigenvalue weighted by Crippen LogP contribution is 2.34. The number of methoxy groups -OCH3 is 1. The van der Waals surface area contributed by atoms with Crippen LogP contribution in [0.1, 0.15) is 0 Å². The molecule has 4 rings (SSSR count). The van der Waals surface area contributed by atoms with E-state index in [9.17, 15) is 0 Å². The van der Waals surface area contributed by atoms with Gasteiger partial charge in [0, 0.05) is 38.3 Å². The zero-order chi connectivity index (χ0) is 17.9. The van der Waals surface area contributed by atoms with E-state index >= 15 is 0 Å². The van der Waals surface area contributed by atoms with E-state index in [1.54, 1.807) is 18.4 Å². The lowest BCUT2D eigenvalue weighted by atomic mass is 10.1. The lowest BCUT2D eigenvalue weighted by molar-refractivity contribution is 0.188. The van der Waals surface area contributed by atoms with E-state index in [1.807, 2.05) is 12.1 Å². The predicted molar refractivity (Wildman–Crippen MR) is 107 cm³/mol. The van der Waals surface area contributed by atoms with E-state index in [0.717, 1.165) is 55.5 Å². The quantitative estimate of drug-likeness (QED) is 0.749. The second kappa shape index (κ2) is 7.61. The summed E-state index contributed by atoms with van der Waals surface area (Å²) in [6, 6.07) is 12.4. The van der Waals surface area contributed by atoms with Gasteiger partial charge in [0.05, 0.1) is 24.1 Å². The summed E-state index contributed by atoms with van der Waals surface area (Å²) >= 11 is 1.75. The number of hydrogen-bond acceptors (Lipinski definition) is 6. The maximum atomic E-state index is 9.14. The van der Waals surface area contributed by atoms with Crippen molar-refractivity contribution in [1.29, 1.82) is 0 Å². The maximum absolute atomic E-state index is 9.14. The van der Waals surface area contributed by atoms with Crippen LogP contribution in [-0.4, -0.2) is 61.4 Å². The Morgan fingerprint density at radius 1 is 1.12 bits per heavy atom. The van der Waals surface area contributed by atoms with Crippen LogP contribution in [0.4, 0.5) is 5.82 Å². The number of benzene rings is 1. The molecule has 1 aliphatic rings. The van der Waals surface area contributed by atoms with Crippen LogP contribution in [0.15, 0.2) is 41.8 Å². The first kappa shape index (κ1) is 17.3. The lowest BCUT2D eigenvalue weighted by Gasteiger charge is -2.35. The van der Waals surface area contributed by atoms with Crippen molar-refractivity contribution in [3.63, 3.8) is 0 Å². The SMILES string of the molecule is COc1ccc(-c2cc3ccsc3c(N3CCN(CCO)CC3)n2)cc1. The average Bonchev–Trinajstić information content (AvgIpc) is 3.17. The molecule has 2 aromatic heterocycles. The van der Waals surface area contributed by atoms with E-state index in [0.29, 0.717) is 0 Å². The zero-order valence-corrected chi connectivity index (χ0v) is 15.7. The average molecular weight is 369 g/mol. The molecular weight excluding hydrogens is 346 g/mol. The van der Waals surface area contributed by atoms with E-state index in [4.69, 9.17) is 14.8 Å². The summed E-state index contributed by atoms with van der Waals surface area (Å²) in [6.45, 7) is 4.77. The van der Waals surface area contributed by atoms with Crippen molar-refractivity contribution in [3.05, 3.63) is 41.8 Å². The summed E-state index contributed by atoms with van der Waals surface area (Å²) in [4.78, 5) is 9.70. The summed E-state index contributed by atoms with van der Waals surface area (Å²) in [5.41, 5.74) is 2.09. The maximum Gasteiger partial charge on any atom is 0.147 e. The van der Waals surface area contributed by atoms with E-state index < -0.39 is 0 Å². The Labute approximate surface area is 157 Å². The van der Waals surface area contributed by atoms with Gasteiger partial charge in [0.2, 0.25) is 0 Å². The minimum atomic E-state index is 0.223. The fourth-order valence-electron chi connectivity index (χ4n) is 3.41. The number of thiophene rings is 1. The zero-order valence-electron chi connectivity index (χ0n) is 14.9. The molecule has 0 amide bonds. The molecule has 136 valence electrons. The number of pyridine rings is 1. The minimum Gasteiger partial charge on any atom is -0.497 e. The summed E-state index contributed by atoms with van der Waals surface area (Å²) in [6.07, 6.45) is 0. The van der Waals surface area contributed by atoms with Gasteiger partial charge in [-0.25, -0.2) is 4.98 Å². The molecule has 26 heavy (non-hydrogen) atoms.